The molecule has 1 aromatic rings. The van der Waals surface area contributed by atoms with Gasteiger partial charge in [0.25, 0.3) is 5.91 Å². The largest absolute Gasteiger partial charge is 0.294 e. The first-order chi connectivity index (χ1) is 9.00. The number of benzene rings is 1. The molecule has 0 fully saturated rings. The van der Waals surface area contributed by atoms with E-state index < -0.39 is 11.0 Å². The molecule has 0 unspecified atom stereocenters. The van der Waals surface area contributed by atoms with Crippen LogP contribution in [0.3, 0.4) is 0 Å². The smallest absolute Gasteiger partial charge is 0.274 e. The molecule has 4 heteroatoms. The maximum absolute atomic E-state index is 12.1. The number of amides is 1. The number of carbonyl (C=O) groups is 2. The minimum Gasteiger partial charge on any atom is -0.294 e. The molecule has 1 rings (SSSR count). The second-order valence-corrected chi connectivity index (χ2v) is 6.80. The Morgan fingerprint density at radius 2 is 1.35 bits per heavy atom. The molecule has 0 saturated carbocycles. The molecule has 110 valence electrons. The summed E-state index contributed by atoms with van der Waals surface area (Å²) in [6.07, 6.45) is 0. The fraction of sp³-hybridized carbons (Fsp3) is 0.500. The van der Waals surface area contributed by atoms with E-state index in [-0.39, 0.29) is 11.7 Å². The molecule has 0 spiro atoms. The van der Waals surface area contributed by atoms with Crippen LogP contribution in [0.4, 0.5) is 0 Å². The van der Waals surface area contributed by atoms with Crippen LogP contribution in [0.15, 0.2) is 24.3 Å². The standard InChI is InChI=1S/C16H23NO3/c1-15(2,3)13(18)11-7-9-12(10-8-11)14(19)17-20-16(4,5)6/h7-10H,1-6H3,(H,17,19). The second kappa shape index (κ2) is 5.75. The van der Waals surface area contributed by atoms with E-state index in [1.165, 1.54) is 0 Å². The van der Waals surface area contributed by atoms with Gasteiger partial charge in [0.1, 0.15) is 0 Å². The number of ketones is 1. The van der Waals surface area contributed by atoms with Crippen LogP contribution in [0.2, 0.25) is 0 Å². The van der Waals surface area contributed by atoms with E-state index in [1.54, 1.807) is 24.3 Å². The van der Waals surface area contributed by atoms with E-state index in [2.05, 4.69) is 5.48 Å². The number of hydrogen-bond acceptors (Lipinski definition) is 3. The van der Waals surface area contributed by atoms with E-state index in [1.807, 2.05) is 41.5 Å². The quantitative estimate of drug-likeness (QED) is 0.680. The summed E-state index contributed by atoms with van der Waals surface area (Å²) >= 11 is 0. The molecule has 1 aromatic carbocycles. The summed E-state index contributed by atoms with van der Waals surface area (Å²) in [6.45, 7) is 11.1. The van der Waals surface area contributed by atoms with Gasteiger partial charge in [-0.1, -0.05) is 32.9 Å². The van der Waals surface area contributed by atoms with Crippen molar-refractivity contribution in [2.45, 2.75) is 47.1 Å². The summed E-state index contributed by atoms with van der Waals surface area (Å²) in [7, 11) is 0. The average Bonchev–Trinajstić information content (AvgIpc) is 2.33. The third-order valence-electron chi connectivity index (χ3n) is 2.54. The highest BCUT2D eigenvalue weighted by Crippen LogP contribution is 2.21. The van der Waals surface area contributed by atoms with Gasteiger partial charge in [0.2, 0.25) is 0 Å². The van der Waals surface area contributed by atoms with E-state index in [4.69, 9.17) is 4.84 Å². The number of rotatable bonds is 3. The van der Waals surface area contributed by atoms with Crippen LogP contribution in [0.25, 0.3) is 0 Å². The van der Waals surface area contributed by atoms with Crippen LogP contribution in [0.1, 0.15) is 62.3 Å². The Bertz CT molecular complexity index is 490. The summed E-state index contributed by atoms with van der Waals surface area (Å²) in [6, 6.07) is 6.58. The van der Waals surface area contributed by atoms with Crippen LogP contribution in [-0.4, -0.2) is 17.3 Å². The van der Waals surface area contributed by atoms with Crippen molar-refractivity contribution in [2.75, 3.05) is 0 Å². The summed E-state index contributed by atoms with van der Waals surface area (Å²) in [4.78, 5) is 29.1. The third-order valence-corrected chi connectivity index (χ3v) is 2.54. The fourth-order valence-electron chi connectivity index (χ4n) is 1.46. The first-order valence-electron chi connectivity index (χ1n) is 6.64. The van der Waals surface area contributed by atoms with Gasteiger partial charge in [-0.05, 0) is 32.9 Å². The lowest BCUT2D eigenvalue weighted by molar-refractivity contribution is -0.0589. The molecule has 0 heterocycles. The summed E-state index contributed by atoms with van der Waals surface area (Å²) in [5.41, 5.74) is 2.58. The first kappa shape index (κ1) is 16.4. The van der Waals surface area contributed by atoms with Gasteiger partial charge in [0.15, 0.2) is 5.78 Å². The van der Waals surface area contributed by atoms with E-state index >= 15 is 0 Å². The van der Waals surface area contributed by atoms with Crippen molar-refractivity contribution in [1.82, 2.24) is 5.48 Å². The molecule has 0 aliphatic rings. The molecular formula is C16H23NO3. The van der Waals surface area contributed by atoms with Crippen molar-refractivity contribution in [3.8, 4) is 0 Å². The molecule has 20 heavy (non-hydrogen) atoms. The average molecular weight is 277 g/mol. The topological polar surface area (TPSA) is 55.4 Å². The zero-order valence-electron chi connectivity index (χ0n) is 13.0. The summed E-state index contributed by atoms with van der Waals surface area (Å²) in [5, 5.41) is 0. The Morgan fingerprint density at radius 1 is 0.900 bits per heavy atom. The zero-order valence-corrected chi connectivity index (χ0v) is 13.0. The molecule has 0 radical (unpaired) electrons. The Labute approximate surface area is 120 Å². The molecule has 0 saturated heterocycles. The highest BCUT2D eigenvalue weighted by atomic mass is 16.7. The maximum atomic E-state index is 12.1. The monoisotopic (exact) mass is 277 g/mol. The van der Waals surface area contributed by atoms with Gasteiger partial charge in [0.05, 0.1) is 5.60 Å². The SMILES string of the molecule is CC(C)(C)ONC(=O)c1ccc(C(=O)C(C)(C)C)cc1. The Balaban J connectivity index is 2.77. The van der Waals surface area contributed by atoms with Crippen molar-refractivity contribution in [3.63, 3.8) is 0 Å². The lowest BCUT2D eigenvalue weighted by atomic mass is 9.86. The van der Waals surface area contributed by atoms with Crippen molar-refractivity contribution >= 4 is 11.7 Å². The molecule has 1 amide bonds. The van der Waals surface area contributed by atoms with Crippen molar-refractivity contribution in [1.29, 1.82) is 0 Å². The van der Waals surface area contributed by atoms with E-state index in [0.29, 0.717) is 11.1 Å². The van der Waals surface area contributed by atoms with Gasteiger partial charge in [-0.3, -0.25) is 14.4 Å². The van der Waals surface area contributed by atoms with Gasteiger partial charge in [-0.2, -0.15) is 0 Å². The van der Waals surface area contributed by atoms with Crippen LogP contribution >= 0.6 is 0 Å². The van der Waals surface area contributed by atoms with Crippen LogP contribution in [-0.2, 0) is 4.84 Å². The Hall–Kier alpha value is -1.68. The lowest BCUT2D eigenvalue weighted by Crippen LogP contribution is -2.33. The third kappa shape index (κ3) is 4.78. The van der Waals surface area contributed by atoms with Gasteiger partial charge < -0.3 is 0 Å². The molecule has 0 aliphatic carbocycles. The molecule has 1 N–H and O–H groups in total. The van der Waals surface area contributed by atoms with Gasteiger partial charge in [-0.15, -0.1) is 0 Å². The van der Waals surface area contributed by atoms with Crippen molar-refractivity contribution in [3.05, 3.63) is 35.4 Å². The second-order valence-electron chi connectivity index (χ2n) is 6.80. The van der Waals surface area contributed by atoms with Crippen LogP contribution < -0.4 is 5.48 Å². The molecule has 4 nitrogen and oxygen atoms in total. The first-order valence-corrected chi connectivity index (χ1v) is 6.64. The minimum atomic E-state index is -0.447. The predicted octanol–water partition coefficient (Wildman–Crippen LogP) is 3.38. The fourth-order valence-corrected chi connectivity index (χ4v) is 1.46. The highest BCUT2D eigenvalue weighted by Gasteiger charge is 2.23. The number of nitrogens with one attached hydrogen (secondary N) is 1. The Morgan fingerprint density at radius 3 is 1.75 bits per heavy atom. The number of hydrogen-bond donors (Lipinski definition) is 1. The minimum absolute atomic E-state index is 0.0513. The molecule has 0 bridgehead atoms. The van der Waals surface area contributed by atoms with Crippen LogP contribution in [0.5, 0.6) is 0 Å². The van der Waals surface area contributed by atoms with E-state index in [9.17, 15) is 9.59 Å². The molecular weight excluding hydrogens is 254 g/mol. The normalized spacial score (nSPS) is 12.1. The lowest BCUT2D eigenvalue weighted by Gasteiger charge is -2.19. The highest BCUT2D eigenvalue weighted by molar-refractivity contribution is 6.01. The van der Waals surface area contributed by atoms with Gasteiger partial charge in [-0.25, -0.2) is 5.48 Å². The predicted molar refractivity (Wildman–Crippen MR) is 78.5 cm³/mol. The van der Waals surface area contributed by atoms with Gasteiger partial charge >= 0.3 is 0 Å². The molecule has 0 aromatic heterocycles. The summed E-state index contributed by atoms with van der Waals surface area (Å²) in [5.74, 6) is -0.273. The van der Waals surface area contributed by atoms with Gasteiger partial charge in [0, 0.05) is 16.5 Å². The number of hydroxylamine groups is 1. The molecule has 0 atom stereocenters. The van der Waals surface area contributed by atoms with Crippen LogP contribution in [0, 0.1) is 5.41 Å². The van der Waals surface area contributed by atoms with Crippen molar-refractivity contribution in [2.24, 2.45) is 5.41 Å². The maximum Gasteiger partial charge on any atom is 0.274 e. The molecule has 0 aliphatic heterocycles. The summed E-state index contributed by atoms with van der Waals surface area (Å²) < 4.78 is 0. The van der Waals surface area contributed by atoms with E-state index in [0.717, 1.165) is 0 Å². The number of carbonyl (C=O) groups excluding carboxylic acids is 2. The number of Topliss-reactive ketones (excluding diaryl/α,β-unsaturated/α-hetero) is 1. The van der Waals surface area contributed by atoms with Crippen molar-refractivity contribution < 1.29 is 14.4 Å². The zero-order chi connectivity index (χ0) is 15.6. The Kier molecular flexibility index (Phi) is 4.71.